The molecule has 1 aromatic rings. The van der Waals surface area contributed by atoms with Gasteiger partial charge in [0.1, 0.15) is 5.75 Å². The smallest absolute Gasteiger partial charge is 0.401 e. The van der Waals surface area contributed by atoms with Crippen molar-refractivity contribution in [2.45, 2.75) is 31.4 Å². The van der Waals surface area contributed by atoms with E-state index in [9.17, 15) is 18.0 Å². The minimum absolute atomic E-state index is 0.103. The summed E-state index contributed by atoms with van der Waals surface area (Å²) in [7, 11) is 1.61. The molecule has 1 aliphatic carbocycles. The number of hydrogen-bond acceptors (Lipinski definition) is 4. The van der Waals surface area contributed by atoms with Gasteiger partial charge < -0.3 is 9.47 Å². The van der Waals surface area contributed by atoms with Crippen LogP contribution >= 0.6 is 0 Å². The number of piperidine rings is 1. The normalized spacial score (nSPS) is 24.3. The lowest BCUT2D eigenvalue weighted by Crippen LogP contribution is -2.41. The molecule has 144 valence electrons. The lowest BCUT2D eigenvalue weighted by Gasteiger charge is -2.32. The van der Waals surface area contributed by atoms with Gasteiger partial charge in [0.25, 0.3) is 0 Å². The van der Waals surface area contributed by atoms with Crippen molar-refractivity contribution in [2.24, 2.45) is 11.8 Å². The molecule has 0 bridgehead atoms. The summed E-state index contributed by atoms with van der Waals surface area (Å²) in [4.78, 5) is 13.6. The lowest BCUT2D eigenvalue weighted by atomic mass is 9.98. The molecule has 4 nitrogen and oxygen atoms in total. The molecule has 2 fully saturated rings. The molecule has 1 aromatic carbocycles. The van der Waals surface area contributed by atoms with Gasteiger partial charge in [-0.05, 0) is 61.9 Å². The fraction of sp³-hybridized carbons (Fsp3) is 0.632. The monoisotopic (exact) mass is 371 g/mol. The van der Waals surface area contributed by atoms with E-state index in [1.165, 1.54) is 4.90 Å². The maximum Gasteiger partial charge on any atom is 0.401 e. The average Bonchev–Trinajstić information content (AvgIpc) is 3.40. The fourth-order valence-corrected chi connectivity index (χ4v) is 3.55. The van der Waals surface area contributed by atoms with Gasteiger partial charge in [0.2, 0.25) is 0 Å². The Balaban J connectivity index is 1.37. The van der Waals surface area contributed by atoms with Gasteiger partial charge in [-0.1, -0.05) is 12.1 Å². The number of benzene rings is 1. The van der Waals surface area contributed by atoms with Crippen molar-refractivity contribution in [3.05, 3.63) is 29.8 Å². The predicted molar refractivity (Wildman–Crippen MR) is 90.0 cm³/mol. The summed E-state index contributed by atoms with van der Waals surface area (Å²) >= 11 is 0. The maximum atomic E-state index is 12.4. The summed E-state index contributed by atoms with van der Waals surface area (Å²) in [5, 5.41) is 0. The number of likely N-dealkylation sites (tertiary alicyclic amines) is 1. The van der Waals surface area contributed by atoms with Gasteiger partial charge >= 0.3 is 12.1 Å². The molecule has 1 heterocycles. The maximum absolute atomic E-state index is 12.4. The number of esters is 1. The summed E-state index contributed by atoms with van der Waals surface area (Å²) in [5.41, 5.74) is 1.10. The van der Waals surface area contributed by atoms with Gasteiger partial charge in [-0.25, -0.2) is 0 Å². The average molecular weight is 371 g/mol. The fourth-order valence-electron chi connectivity index (χ4n) is 3.55. The third kappa shape index (κ3) is 5.13. The predicted octanol–water partition coefficient (Wildman–Crippen LogP) is 3.62. The van der Waals surface area contributed by atoms with Crippen molar-refractivity contribution in [1.29, 1.82) is 0 Å². The minimum Gasteiger partial charge on any atom is -0.497 e. The number of carbonyl (C=O) groups is 1. The van der Waals surface area contributed by atoms with E-state index in [0.29, 0.717) is 32.5 Å². The molecule has 1 aliphatic heterocycles. The first-order valence-corrected chi connectivity index (χ1v) is 8.95. The topological polar surface area (TPSA) is 38.8 Å². The van der Waals surface area contributed by atoms with Crippen molar-refractivity contribution >= 4 is 5.97 Å². The lowest BCUT2D eigenvalue weighted by molar-refractivity contribution is -0.151. The number of alkyl halides is 3. The van der Waals surface area contributed by atoms with Crippen LogP contribution in [0.5, 0.6) is 5.75 Å². The molecule has 0 aromatic heterocycles. The van der Waals surface area contributed by atoms with Crippen molar-refractivity contribution in [1.82, 2.24) is 4.90 Å². The van der Waals surface area contributed by atoms with Crippen LogP contribution in [-0.4, -0.2) is 50.4 Å². The number of ether oxygens (including phenoxy) is 2. The second kappa shape index (κ2) is 7.86. The van der Waals surface area contributed by atoms with Crippen LogP contribution in [0.3, 0.4) is 0 Å². The van der Waals surface area contributed by atoms with Crippen LogP contribution in [0.1, 0.15) is 30.7 Å². The highest BCUT2D eigenvalue weighted by Gasteiger charge is 2.45. The van der Waals surface area contributed by atoms with Crippen LogP contribution < -0.4 is 4.74 Å². The zero-order valence-corrected chi connectivity index (χ0v) is 14.8. The molecule has 3 rings (SSSR count). The summed E-state index contributed by atoms with van der Waals surface area (Å²) < 4.78 is 47.7. The first kappa shape index (κ1) is 19.0. The third-order valence-corrected chi connectivity index (χ3v) is 5.21. The van der Waals surface area contributed by atoms with Gasteiger partial charge in [0, 0.05) is 0 Å². The minimum atomic E-state index is -4.15. The Morgan fingerprint density at radius 2 is 1.85 bits per heavy atom. The quantitative estimate of drug-likeness (QED) is 0.716. The van der Waals surface area contributed by atoms with Crippen LogP contribution in [-0.2, 0) is 9.53 Å². The molecule has 0 N–H and O–H groups in total. The van der Waals surface area contributed by atoms with Crippen LogP contribution in [0.2, 0.25) is 0 Å². The van der Waals surface area contributed by atoms with Gasteiger partial charge in [0.05, 0.1) is 26.2 Å². The molecule has 1 saturated heterocycles. The molecular weight excluding hydrogens is 347 g/mol. The Morgan fingerprint density at radius 1 is 1.19 bits per heavy atom. The largest absolute Gasteiger partial charge is 0.497 e. The summed E-state index contributed by atoms with van der Waals surface area (Å²) in [6, 6.07) is 7.69. The summed E-state index contributed by atoms with van der Waals surface area (Å²) in [6.45, 7) is 0.259. The highest BCUT2D eigenvalue weighted by molar-refractivity contribution is 5.77. The highest BCUT2D eigenvalue weighted by Crippen LogP contribution is 2.48. The van der Waals surface area contributed by atoms with E-state index in [1.807, 2.05) is 24.3 Å². The molecule has 0 spiro atoms. The third-order valence-electron chi connectivity index (χ3n) is 5.21. The zero-order valence-electron chi connectivity index (χ0n) is 14.8. The number of nitrogens with zero attached hydrogens (tertiary/aromatic N) is 1. The van der Waals surface area contributed by atoms with Crippen molar-refractivity contribution in [2.75, 3.05) is 33.4 Å². The molecule has 1 saturated carbocycles. The summed E-state index contributed by atoms with van der Waals surface area (Å²) in [6.07, 6.45) is -2.09. The first-order chi connectivity index (χ1) is 12.4. The molecule has 2 atom stereocenters. The van der Waals surface area contributed by atoms with Crippen molar-refractivity contribution in [3.8, 4) is 5.75 Å². The summed E-state index contributed by atoms with van der Waals surface area (Å²) in [5.74, 6) is 0.839. The molecule has 2 unspecified atom stereocenters. The van der Waals surface area contributed by atoms with E-state index < -0.39 is 12.7 Å². The van der Waals surface area contributed by atoms with Crippen LogP contribution in [0.15, 0.2) is 24.3 Å². The van der Waals surface area contributed by atoms with E-state index in [1.54, 1.807) is 7.11 Å². The molecule has 2 aliphatic rings. The van der Waals surface area contributed by atoms with Crippen LogP contribution in [0.25, 0.3) is 0 Å². The Morgan fingerprint density at radius 3 is 2.42 bits per heavy atom. The molecule has 0 amide bonds. The van der Waals surface area contributed by atoms with E-state index in [0.717, 1.165) is 17.7 Å². The molecule has 26 heavy (non-hydrogen) atoms. The molecule has 0 radical (unpaired) electrons. The van der Waals surface area contributed by atoms with E-state index in [2.05, 4.69) is 0 Å². The Bertz CT molecular complexity index is 609. The van der Waals surface area contributed by atoms with Crippen molar-refractivity contribution < 1.29 is 27.4 Å². The number of halogens is 3. The number of rotatable bonds is 6. The standard InChI is InChI=1S/C19H24F3NO3/c1-25-15-4-2-14(3-5-15)16-10-17(16)18(24)26-11-13-6-8-23(9-7-13)12-19(20,21)22/h2-5,13,16-17H,6-12H2,1H3. The van der Waals surface area contributed by atoms with E-state index >= 15 is 0 Å². The number of hydrogen-bond donors (Lipinski definition) is 0. The SMILES string of the molecule is COc1ccc(C2CC2C(=O)OCC2CCN(CC(F)(F)F)CC2)cc1. The molecular formula is C19H24F3NO3. The van der Waals surface area contributed by atoms with Crippen LogP contribution in [0, 0.1) is 11.8 Å². The first-order valence-electron chi connectivity index (χ1n) is 8.95. The number of carbonyl (C=O) groups excluding carboxylic acids is 1. The second-order valence-electron chi connectivity index (χ2n) is 7.19. The van der Waals surface area contributed by atoms with E-state index in [-0.39, 0.29) is 23.7 Å². The van der Waals surface area contributed by atoms with Gasteiger partial charge in [-0.2, -0.15) is 13.2 Å². The van der Waals surface area contributed by atoms with Gasteiger partial charge in [-0.3, -0.25) is 9.69 Å². The Labute approximate surface area is 151 Å². The molecule has 7 heteroatoms. The van der Waals surface area contributed by atoms with Crippen LogP contribution in [0.4, 0.5) is 13.2 Å². The Kier molecular flexibility index (Phi) is 5.75. The second-order valence-corrected chi connectivity index (χ2v) is 7.19. The number of methoxy groups -OCH3 is 1. The highest BCUT2D eigenvalue weighted by atomic mass is 19.4. The zero-order chi connectivity index (χ0) is 18.7. The van der Waals surface area contributed by atoms with E-state index in [4.69, 9.17) is 9.47 Å². The van der Waals surface area contributed by atoms with Gasteiger partial charge in [0.15, 0.2) is 0 Å². The van der Waals surface area contributed by atoms with Gasteiger partial charge in [-0.15, -0.1) is 0 Å². The van der Waals surface area contributed by atoms with Crippen molar-refractivity contribution in [3.63, 3.8) is 0 Å². The Hall–Kier alpha value is -1.76.